The number of fused-ring (bicyclic) bond motifs is 1. The number of benzene rings is 3. The molecule has 174 valence electrons. The molecule has 0 spiro atoms. The van der Waals surface area contributed by atoms with Gasteiger partial charge in [0.1, 0.15) is 17.2 Å². The average Bonchev–Trinajstić information content (AvgIpc) is 3.17. The van der Waals surface area contributed by atoms with Crippen LogP contribution >= 0.6 is 0 Å². The van der Waals surface area contributed by atoms with Crippen molar-refractivity contribution in [1.82, 2.24) is 0 Å². The van der Waals surface area contributed by atoms with Crippen molar-refractivity contribution in [1.29, 1.82) is 0 Å². The van der Waals surface area contributed by atoms with Crippen LogP contribution in [-0.4, -0.2) is 33.1 Å². The lowest BCUT2D eigenvalue weighted by molar-refractivity contribution is -0.133. The Bertz CT molecular complexity index is 1270. The molecule has 1 aliphatic rings. The zero-order chi connectivity index (χ0) is 24.2. The van der Waals surface area contributed by atoms with Crippen LogP contribution in [-0.2, 0) is 11.2 Å². The van der Waals surface area contributed by atoms with Gasteiger partial charge in [0.15, 0.2) is 17.3 Å². The fourth-order valence-electron chi connectivity index (χ4n) is 3.71. The van der Waals surface area contributed by atoms with E-state index in [9.17, 15) is 9.59 Å². The number of ketones is 1. The van der Waals surface area contributed by atoms with Crippen molar-refractivity contribution in [3.63, 3.8) is 0 Å². The van der Waals surface area contributed by atoms with E-state index in [1.54, 1.807) is 81.8 Å². The van der Waals surface area contributed by atoms with Crippen LogP contribution in [0.15, 0.2) is 60.4 Å². The second kappa shape index (κ2) is 9.70. The first-order valence-electron chi connectivity index (χ1n) is 10.6. The number of allylic oxidation sites excluding steroid dienone is 1. The van der Waals surface area contributed by atoms with Crippen LogP contribution in [0, 0.1) is 6.92 Å². The first-order chi connectivity index (χ1) is 16.4. The Balaban J connectivity index is 1.55. The lowest BCUT2D eigenvalue weighted by Crippen LogP contribution is -2.12. The molecule has 0 radical (unpaired) electrons. The summed E-state index contributed by atoms with van der Waals surface area (Å²) in [5.74, 6) is 1.92. The monoisotopic (exact) mass is 460 g/mol. The van der Waals surface area contributed by atoms with E-state index in [1.807, 2.05) is 0 Å². The Morgan fingerprint density at radius 2 is 1.68 bits per heavy atom. The first-order valence-corrected chi connectivity index (χ1v) is 10.6. The smallest absolute Gasteiger partial charge is 0.315 e. The molecule has 7 heteroatoms. The van der Waals surface area contributed by atoms with Crippen LogP contribution < -0.4 is 23.7 Å². The van der Waals surface area contributed by atoms with E-state index in [0.29, 0.717) is 45.4 Å². The van der Waals surface area contributed by atoms with Crippen LogP contribution in [0.25, 0.3) is 6.08 Å². The van der Waals surface area contributed by atoms with Gasteiger partial charge in [-0.3, -0.25) is 9.59 Å². The van der Waals surface area contributed by atoms with Gasteiger partial charge in [-0.1, -0.05) is 24.3 Å². The molecule has 1 aliphatic heterocycles. The van der Waals surface area contributed by atoms with Crippen LogP contribution in [0.2, 0.25) is 0 Å². The molecule has 0 saturated heterocycles. The normalized spacial score (nSPS) is 13.3. The van der Waals surface area contributed by atoms with Gasteiger partial charge in [0.05, 0.1) is 33.3 Å². The maximum atomic E-state index is 13.0. The molecule has 0 N–H and O–H groups in total. The fourth-order valence-corrected chi connectivity index (χ4v) is 3.71. The molecule has 3 aromatic carbocycles. The summed E-state index contributed by atoms with van der Waals surface area (Å²) in [6.07, 6.45) is 1.71. The molecule has 0 fully saturated rings. The van der Waals surface area contributed by atoms with Gasteiger partial charge in [-0.25, -0.2) is 0 Å². The molecule has 4 rings (SSSR count). The van der Waals surface area contributed by atoms with E-state index >= 15 is 0 Å². The molecular weight excluding hydrogens is 436 g/mol. The molecule has 1 heterocycles. The third-order valence-electron chi connectivity index (χ3n) is 5.49. The summed E-state index contributed by atoms with van der Waals surface area (Å²) in [5.41, 5.74) is 2.41. The maximum Gasteiger partial charge on any atom is 0.315 e. The zero-order valence-electron chi connectivity index (χ0n) is 19.3. The van der Waals surface area contributed by atoms with E-state index < -0.39 is 5.97 Å². The highest BCUT2D eigenvalue weighted by Gasteiger charge is 2.31. The molecule has 0 atom stereocenters. The maximum absolute atomic E-state index is 13.0. The summed E-state index contributed by atoms with van der Waals surface area (Å²) in [7, 11) is 4.66. The van der Waals surface area contributed by atoms with Crippen LogP contribution in [0.5, 0.6) is 28.7 Å². The average molecular weight is 460 g/mol. The highest BCUT2D eigenvalue weighted by molar-refractivity contribution is 6.15. The summed E-state index contributed by atoms with van der Waals surface area (Å²) in [6.45, 7) is 1.75. The van der Waals surface area contributed by atoms with Crippen LogP contribution in [0.4, 0.5) is 0 Å². The molecule has 34 heavy (non-hydrogen) atoms. The summed E-state index contributed by atoms with van der Waals surface area (Å²) in [6, 6.07) is 15.8. The van der Waals surface area contributed by atoms with Crippen LogP contribution in [0.1, 0.15) is 27.0 Å². The van der Waals surface area contributed by atoms with Crippen molar-refractivity contribution in [2.75, 3.05) is 21.3 Å². The lowest BCUT2D eigenvalue weighted by atomic mass is 10.1. The number of esters is 1. The number of carbonyl (C=O) groups is 2. The second-order valence-corrected chi connectivity index (χ2v) is 7.59. The predicted molar refractivity (Wildman–Crippen MR) is 126 cm³/mol. The Kier molecular flexibility index (Phi) is 6.54. The third-order valence-corrected chi connectivity index (χ3v) is 5.49. The minimum absolute atomic E-state index is 0.0983. The second-order valence-electron chi connectivity index (χ2n) is 7.59. The molecular formula is C27H24O7. The zero-order valence-corrected chi connectivity index (χ0v) is 19.3. The van der Waals surface area contributed by atoms with Crippen molar-refractivity contribution in [2.45, 2.75) is 13.3 Å². The van der Waals surface area contributed by atoms with Gasteiger partial charge in [0.2, 0.25) is 5.78 Å². The van der Waals surface area contributed by atoms with Crippen molar-refractivity contribution >= 4 is 17.8 Å². The predicted octanol–water partition coefficient (Wildman–Crippen LogP) is 4.79. The molecule has 0 unspecified atom stereocenters. The molecule has 0 bridgehead atoms. The van der Waals surface area contributed by atoms with Crippen molar-refractivity contribution in [2.24, 2.45) is 0 Å². The van der Waals surface area contributed by atoms with Gasteiger partial charge >= 0.3 is 5.97 Å². The largest absolute Gasteiger partial charge is 0.497 e. The molecule has 0 amide bonds. The Labute approximate surface area is 197 Å². The number of para-hydroxylation sites is 1. The molecule has 0 aliphatic carbocycles. The van der Waals surface area contributed by atoms with E-state index in [0.717, 1.165) is 5.56 Å². The minimum atomic E-state index is -0.422. The van der Waals surface area contributed by atoms with E-state index in [2.05, 4.69) is 0 Å². The van der Waals surface area contributed by atoms with Crippen LogP contribution in [0.3, 0.4) is 0 Å². The molecule has 0 aromatic heterocycles. The van der Waals surface area contributed by atoms with Gasteiger partial charge in [0, 0.05) is 11.1 Å². The van der Waals surface area contributed by atoms with Crippen molar-refractivity contribution in [3.8, 4) is 28.7 Å². The lowest BCUT2D eigenvalue weighted by Gasteiger charge is -2.11. The highest BCUT2D eigenvalue weighted by Crippen LogP contribution is 2.40. The third kappa shape index (κ3) is 4.45. The van der Waals surface area contributed by atoms with Gasteiger partial charge in [-0.15, -0.1) is 0 Å². The minimum Gasteiger partial charge on any atom is -0.497 e. The van der Waals surface area contributed by atoms with Crippen molar-refractivity contribution < 1.29 is 33.3 Å². The number of methoxy groups -OCH3 is 3. The van der Waals surface area contributed by atoms with Gasteiger partial charge < -0.3 is 23.7 Å². The molecule has 0 saturated carbocycles. The van der Waals surface area contributed by atoms with E-state index in [-0.39, 0.29) is 18.0 Å². The summed E-state index contributed by atoms with van der Waals surface area (Å²) >= 11 is 0. The Morgan fingerprint density at radius 3 is 2.35 bits per heavy atom. The quantitative estimate of drug-likeness (QED) is 0.285. The van der Waals surface area contributed by atoms with Gasteiger partial charge in [0.25, 0.3) is 0 Å². The Morgan fingerprint density at radius 1 is 0.912 bits per heavy atom. The standard InChI is InChI=1S/C27H24O7/c1-16-21(33-24(28)14-17-8-10-19(30-2)11-9-17)13-12-20-25(29)23(34-26(16)20)15-18-6-5-7-22(31-3)27(18)32-4/h5-13,15H,14H2,1-4H3/b23-15-. The summed E-state index contributed by atoms with van der Waals surface area (Å²) < 4.78 is 27.4. The first kappa shape index (κ1) is 22.9. The summed E-state index contributed by atoms with van der Waals surface area (Å²) in [5, 5.41) is 0. The molecule has 7 nitrogen and oxygen atoms in total. The summed E-state index contributed by atoms with van der Waals surface area (Å²) in [4.78, 5) is 25.4. The highest BCUT2D eigenvalue weighted by atomic mass is 16.5. The SMILES string of the molecule is COc1ccc(CC(=O)Oc2ccc3c(c2C)O/C(=C\c2cccc(OC)c2OC)C3=O)cc1. The number of ether oxygens (including phenoxy) is 5. The van der Waals surface area contributed by atoms with Gasteiger partial charge in [-0.05, 0) is 48.9 Å². The fraction of sp³-hybridized carbons (Fsp3) is 0.185. The number of carbonyl (C=O) groups excluding carboxylic acids is 2. The van der Waals surface area contributed by atoms with E-state index in [1.165, 1.54) is 7.11 Å². The number of hydrogen-bond donors (Lipinski definition) is 0. The number of Topliss-reactive ketones (excluding diaryl/α,β-unsaturated/α-hetero) is 1. The Hall–Kier alpha value is -4.26. The van der Waals surface area contributed by atoms with E-state index in [4.69, 9.17) is 23.7 Å². The number of rotatable bonds is 7. The number of hydrogen-bond acceptors (Lipinski definition) is 7. The topological polar surface area (TPSA) is 80.3 Å². The molecule has 3 aromatic rings. The van der Waals surface area contributed by atoms with Crippen molar-refractivity contribution in [3.05, 3.63) is 82.6 Å². The van der Waals surface area contributed by atoms with Gasteiger partial charge in [-0.2, -0.15) is 0 Å².